The summed E-state index contributed by atoms with van der Waals surface area (Å²) in [5, 5.41) is 8.48. The van der Waals surface area contributed by atoms with Gasteiger partial charge in [-0.25, -0.2) is 5.43 Å². The van der Waals surface area contributed by atoms with E-state index in [0.717, 1.165) is 14.5 Å². The van der Waals surface area contributed by atoms with Crippen molar-refractivity contribution in [2.75, 3.05) is 6.61 Å². The smallest absolute Gasteiger partial charge is 0.262 e. The summed E-state index contributed by atoms with van der Waals surface area (Å²) in [6, 6.07) is 16.2. The molecule has 0 aliphatic heterocycles. The molecule has 0 saturated carbocycles. The molecule has 2 N–H and O–H groups in total. The fraction of sp³-hybridized carbons (Fsp3) is 0.150. The van der Waals surface area contributed by atoms with Crippen LogP contribution in [0.15, 0.2) is 64.1 Å². The minimum atomic E-state index is -0.762. The summed E-state index contributed by atoms with van der Waals surface area (Å²) in [6.07, 6.45) is 1.39. The van der Waals surface area contributed by atoms with Crippen molar-refractivity contribution < 1.29 is 18.7 Å². The van der Waals surface area contributed by atoms with Crippen LogP contribution in [0.25, 0.3) is 10.8 Å². The second-order valence-corrected chi connectivity index (χ2v) is 7.03. The zero-order valence-electron chi connectivity index (χ0n) is 15.0. The Morgan fingerprint density at radius 1 is 1.18 bits per heavy atom. The summed E-state index contributed by atoms with van der Waals surface area (Å²) in [7, 11) is 0. The van der Waals surface area contributed by atoms with Gasteiger partial charge in [0.05, 0.1) is 6.21 Å². The van der Waals surface area contributed by atoms with Crippen molar-refractivity contribution in [2.24, 2.45) is 5.10 Å². The Morgan fingerprint density at radius 3 is 2.71 bits per heavy atom. The lowest BCUT2D eigenvalue weighted by Crippen LogP contribution is -2.45. The van der Waals surface area contributed by atoms with Crippen LogP contribution in [0.1, 0.15) is 12.7 Å². The third-order valence-corrected chi connectivity index (χ3v) is 4.40. The van der Waals surface area contributed by atoms with Gasteiger partial charge in [-0.15, -0.1) is 0 Å². The van der Waals surface area contributed by atoms with Crippen LogP contribution in [0.3, 0.4) is 0 Å². The van der Waals surface area contributed by atoms with Gasteiger partial charge in [0, 0.05) is 0 Å². The van der Waals surface area contributed by atoms with Gasteiger partial charge in [0.25, 0.3) is 11.8 Å². The van der Waals surface area contributed by atoms with Crippen molar-refractivity contribution in [1.29, 1.82) is 0 Å². The van der Waals surface area contributed by atoms with Gasteiger partial charge in [0.1, 0.15) is 17.6 Å². The molecule has 28 heavy (non-hydrogen) atoms. The van der Waals surface area contributed by atoms with Gasteiger partial charge in [0.15, 0.2) is 10.4 Å². The standard InChI is InChI=1S/C20H18IN3O4/c1-13(20(26)24-22-11-17-8-9-18(21)28-17)23-19(25)12-27-16-7-6-14-4-2-3-5-15(14)10-16/h2-11,13H,12H2,1H3,(H,23,25)(H,24,26). The Kier molecular flexibility index (Phi) is 6.64. The number of halogens is 1. The minimum absolute atomic E-state index is 0.190. The summed E-state index contributed by atoms with van der Waals surface area (Å²) in [5.41, 5.74) is 2.35. The number of benzene rings is 2. The number of amides is 2. The topological polar surface area (TPSA) is 92.9 Å². The van der Waals surface area contributed by atoms with Crippen LogP contribution in [-0.2, 0) is 9.59 Å². The Labute approximate surface area is 175 Å². The molecule has 0 radical (unpaired) electrons. The average molecular weight is 491 g/mol. The van der Waals surface area contributed by atoms with Gasteiger partial charge in [-0.1, -0.05) is 30.3 Å². The Morgan fingerprint density at radius 2 is 1.96 bits per heavy atom. The van der Waals surface area contributed by atoms with Crippen LogP contribution in [-0.4, -0.2) is 30.7 Å². The van der Waals surface area contributed by atoms with Crippen LogP contribution < -0.4 is 15.5 Å². The second-order valence-electron chi connectivity index (χ2n) is 5.96. The lowest BCUT2D eigenvalue weighted by atomic mass is 10.1. The van der Waals surface area contributed by atoms with Crippen molar-refractivity contribution in [2.45, 2.75) is 13.0 Å². The monoisotopic (exact) mass is 491 g/mol. The normalized spacial score (nSPS) is 12.1. The van der Waals surface area contributed by atoms with E-state index in [1.54, 1.807) is 25.1 Å². The molecule has 0 aliphatic carbocycles. The molecule has 0 saturated heterocycles. The van der Waals surface area contributed by atoms with E-state index >= 15 is 0 Å². The molecule has 2 amide bonds. The van der Waals surface area contributed by atoms with Gasteiger partial charge < -0.3 is 14.5 Å². The Balaban J connectivity index is 1.45. The fourth-order valence-electron chi connectivity index (χ4n) is 2.41. The molecule has 0 spiro atoms. The number of hydrogen-bond donors (Lipinski definition) is 2. The van der Waals surface area contributed by atoms with E-state index in [2.05, 4.69) is 15.8 Å². The van der Waals surface area contributed by atoms with Crippen molar-refractivity contribution in [1.82, 2.24) is 10.7 Å². The van der Waals surface area contributed by atoms with Crippen molar-refractivity contribution >= 4 is 51.4 Å². The van der Waals surface area contributed by atoms with E-state index in [-0.39, 0.29) is 6.61 Å². The number of furan rings is 1. The maximum Gasteiger partial charge on any atom is 0.262 e. The van der Waals surface area contributed by atoms with Gasteiger partial charge in [-0.2, -0.15) is 5.10 Å². The van der Waals surface area contributed by atoms with E-state index in [9.17, 15) is 9.59 Å². The molecule has 0 bridgehead atoms. The summed E-state index contributed by atoms with van der Waals surface area (Å²) < 4.78 is 11.5. The molecule has 2 aromatic carbocycles. The molecule has 1 atom stereocenters. The average Bonchev–Trinajstić information content (AvgIpc) is 3.11. The van der Waals surface area contributed by atoms with Crippen LogP contribution in [0, 0.1) is 3.77 Å². The number of ether oxygens (including phenoxy) is 1. The second kappa shape index (κ2) is 9.36. The molecule has 1 unspecified atom stereocenters. The number of rotatable bonds is 7. The first-order chi connectivity index (χ1) is 13.5. The molecule has 0 aliphatic rings. The van der Waals surface area contributed by atoms with Gasteiger partial charge >= 0.3 is 0 Å². The van der Waals surface area contributed by atoms with E-state index in [4.69, 9.17) is 9.15 Å². The number of nitrogens with zero attached hydrogens (tertiary/aromatic N) is 1. The number of carbonyl (C=O) groups is 2. The molecule has 3 rings (SSSR count). The zero-order valence-corrected chi connectivity index (χ0v) is 17.2. The number of carbonyl (C=O) groups excluding carboxylic acids is 2. The number of fused-ring (bicyclic) bond motifs is 1. The molecule has 1 heterocycles. The molecule has 3 aromatic rings. The van der Waals surface area contributed by atoms with Crippen molar-refractivity contribution in [3.8, 4) is 5.75 Å². The van der Waals surface area contributed by atoms with Gasteiger partial charge in [-0.3, -0.25) is 9.59 Å². The highest BCUT2D eigenvalue weighted by Crippen LogP contribution is 2.20. The minimum Gasteiger partial charge on any atom is -0.484 e. The summed E-state index contributed by atoms with van der Waals surface area (Å²) >= 11 is 2.03. The number of nitrogens with one attached hydrogen (secondary N) is 2. The van der Waals surface area contributed by atoms with Crippen LogP contribution >= 0.6 is 22.6 Å². The lowest BCUT2D eigenvalue weighted by Gasteiger charge is -2.13. The lowest BCUT2D eigenvalue weighted by molar-refractivity contribution is -0.129. The number of hydrogen-bond acceptors (Lipinski definition) is 5. The fourth-order valence-corrected chi connectivity index (χ4v) is 2.84. The third-order valence-electron chi connectivity index (χ3n) is 3.82. The first-order valence-electron chi connectivity index (χ1n) is 8.50. The largest absolute Gasteiger partial charge is 0.484 e. The highest BCUT2D eigenvalue weighted by molar-refractivity contribution is 14.1. The summed E-state index contributed by atoms with van der Waals surface area (Å²) in [6.45, 7) is 1.37. The number of hydrazone groups is 1. The van der Waals surface area contributed by atoms with Gasteiger partial charge in [0.2, 0.25) is 0 Å². The predicted molar refractivity (Wildman–Crippen MR) is 114 cm³/mol. The molecule has 7 nitrogen and oxygen atoms in total. The highest BCUT2D eigenvalue weighted by atomic mass is 127. The van der Waals surface area contributed by atoms with Crippen LogP contribution in [0.5, 0.6) is 5.75 Å². The van der Waals surface area contributed by atoms with E-state index in [1.165, 1.54) is 6.21 Å². The summed E-state index contributed by atoms with van der Waals surface area (Å²) in [5.74, 6) is 0.255. The van der Waals surface area contributed by atoms with Crippen molar-refractivity contribution in [3.63, 3.8) is 0 Å². The SMILES string of the molecule is CC(NC(=O)COc1ccc2ccccc2c1)C(=O)NN=Cc1ccc(I)o1. The van der Waals surface area contributed by atoms with E-state index in [1.807, 2.05) is 59.0 Å². The van der Waals surface area contributed by atoms with Crippen molar-refractivity contribution in [3.05, 3.63) is 64.1 Å². The molecular formula is C20H18IN3O4. The molecule has 0 fully saturated rings. The van der Waals surface area contributed by atoms with E-state index in [0.29, 0.717) is 11.5 Å². The third kappa shape index (κ3) is 5.56. The molecule has 8 heteroatoms. The first kappa shape index (κ1) is 19.9. The molecular weight excluding hydrogens is 473 g/mol. The molecule has 1 aromatic heterocycles. The zero-order chi connectivity index (χ0) is 19.9. The maximum atomic E-state index is 12.0. The van der Waals surface area contributed by atoms with E-state index < -0.39 is 17.9 Å². The predicted octanol–water partition coefficient (Wildman–Crippen LogP) is 3.07. The maximum absolute atomic E-state index is 12.0. The first-order valence-corrected chi connectivity index (χ1v) is 9.58. The highest BCUT2D eigenvalue weighted by Gasteiger charge is 2.15. The van der Waals surface area contributed by atoms with Gasteiger partial charge in [-0.05, 0) is 64.6 Å². The Bertz CT molecular complexity index is 1020. The van der Waals surface area contributed by atoms with Crippen LogP contribution in [0.4, 0.5) is 0 Å². The Hall–Kier alpha value is -2.88. The quantitative estimate of drug-likeness (QED) is 0.302. The summed E-state index contributed by atoms with van der Waals surface area (Å²) in [4.78, 5) is 24.0. The molecule has 144 valence electrons. The van der Waals surface area contributed by atoms with Crippen LogP contribution in [0.2, 0.25) is 0 Å².